The Morgan fingerprint density at radius 2 is 1.86 bits per heavy atom. The number of amides is 1. The second-order valence-electron chi connectivity index (χ2n) is 6.83. The first-order chi connectivity index (χ1) is 13.9. The highest BCUT2D eigenvalue weighted by Crippen LogP contribution is 2.09. The summed E-state index contributed by atoms with van der Waals surface area (Å²) in [6.07, 6.45) is 0.372. The summed E-state index contributed by atoms with van der Waals surface area (Å²) in [6, 6.07) is 14.9. The SMILES string of the molecule is Cc1ccc(CNC(=O)[C@@H](C)OC(=O)CCn2ncc(=O)c3ccccc32)cc1. The lowest BCUT2D eigenvalue weighted by molar-refractivity contribution is -0.155. The van der Waals surface area contributed by atoms with Gasteiger partial charge in [-0.2, -0.15) is 5.10 Å². The number of carbonyl (C=O) groups is 2. The van der Waals surface area contributed by atoms with Crippen LogP contribution in [-0.2, 0) is 27.4 Å². The molecule has 3 aromatic rings. The predicted octanol–water partition coefficient (Wildman–Crippen LogP) is 2.34. The van der Waals surface area contributed by atoms with Gasteiger partial charge in [0, 0.05) is 11.9 Å². The molecular weight excluding hydrogens is 370 g/mol. The third-order valence-corrected chi connectivity index (χ3v) is 4.55. The molecule has 0 unspecified atom stereocenters. The van der Waals surface area contributed by atoms with Crippen molar-refractivity contribution in [2.24, 2.45) is 0 Å². The Hall–Kier alpha value is -3.48. The number of esters is 1. The van der Waals surface area contributed by atoms with Crippen LogP contribution in [0.1, 0.15) is 24.5 Å². The van der Waals surface area contributed by atoms with E-state index >= 15 is 0 Å². The molecule has 1 aromatic heterocycles. The van der Waals surface area contributed by atoms with Gasteiger partial charge in [0.2, 0.25) is 5.43 Å². The molecular formula is C22H23N3O4. The van der Waals surface area contributed by atoms with E-state index in [-0.39, 0.29) is 24.3 Å². The number of ether oxygens (including phenoxy) is 1. The Morgan fingerprint density at radius 3 is 2.62 bits per heavy atom. The van der Waals surface area contributed by atoms with Gasteiger partial charge in [0.1, 0.15) is 0 Å². The first-order valence-electron chi connectivity index (χ1n) is 9.41. The summed E-state index contributed by atoms with van der Waals surface area (Å²) in [5, 5.41) is 7.38. The summed E-state index contributed by atoms with van der Waals surface area (Å²) in [5.41, 5.74) is 2.60. The van der Waals surface area contributed by atoms with Crippen LogP contribution in [0, 0.1) is 6.92 Å². The van der Waals surface area contributed by atoms with Crippen LogP contribution in [0.4, 0.5) is 0 Å². The standard InChI is InChI=1S/C22H23N3O4/c1-15-7-9-17(10-8-15)13-23-22(28)16(2)29-21(27)11-12-25-19-6-4-3-5-18(19)20(26)14-24-25/h3-10,14,16H,11-13H2,1-2H3,(H,23,28)/t16-/m1/s1. The van der Waals surface area contributed by atoms with E-state index in [4.69, 9.17) is 4.74 Å². The van der Waals surface area contributed by atoms with E-state index < -0.39 is 12.1 Å². The minimum absolute atomic E-state index is 0.0371. The molecule has 0 aliphatic carbocycles. The molecule has 0 aliphatic heterocycles. The van der Waals surface area contributed by atoms with Gasteiger partial charge in [0.25, 0.3) is 5.91 Å². The van der Waals surface area contributed by atoms with Crippen molar-refractivity contribution >= 4 is 22.8 Å². The topological polar surface area (TPSA) is 90.3 Å². The predicted molar refractivity (Wildman–Crippen MR) is 109 cm³/mol. The maximum absolute atomic E-state index is 12.2. The number of rotatable bonds is 7. The van der Waals surface area contributed by atoms with Crippen molar-refractivity contribution < 1.29 is 14.3 Å². The van der Waals surface area contributed by atoms with Crippen LogP contribution in [0.3, 0.4) is 0 Å². The quantitative estimate of drug-likeness (QED) is 0.622. The largest absolute Gasteiger partial charge is 0.452 e. The van der Waals surface area contributed by atoms with Crippen LogP contribution < -0.4 is 10.7 Å². The van der Waals surface area contributed by atoms with E-state index in [0.717, 1.165) is 11.1 Å². The zero-order valence-corrected chi connectivity index (χ0v) is 16.4. The molecule has 0 spiro atoms. The van der Waals surface area contributed by atoms with Gasteiger partial charge < -0.3 is 10.1 Å². The maximum atomic E-state index is 12.2. The molecule has 150 valence electrons. The molecule has 1 heterocycles. The lowest BCUT2D eigenvalue weighted by Gasteiger charge is -2.14. The number of benzene rings is 2. The molecule has 2 aromatic carbocycles. The maximum Gasteiger partial charge on any atom is 0.308 e. The molecule has 0 aliphatic rings. The first kappa shape index (κ1) is 20.3. The Morgan fingerprint density at radius 1 is 1.14 bits per heavy atom. The number of hydrogen-bond acceptors (Lipinski definition) is 5. The summed E-state index contributed by atoms with van der Waals surface area (Å²) in [7, 11) is 0. The molecule has 0 fully saturated rings. The molecule has 7 heteroatoms. The lowest BCUT2D eigenvalue weighted by Crippen LogP contribution is -2.35. The van der Waals surface area contributed by atoms with E-state index in [1.54, 1.807) is 28.9 Å². The summed E-state index contributed by atoms with van der Waals surface area (Å²) in [6.45, 7) is 4.15. The highest BCUT2D eigenvalue weighted by Gasteiger charge is 2.17. The molecule has 0 saturated heterocycles. The number of hydrogen-bond donors (Lipinski definition) is 1. The van der Waals surface area contributed by atoms with E-state index in [2.05, 4.69) is 10.4 Å². The summed E-state index contributed by atoms with van der Waals surface area (Å²) in [4.78, 5) is 36.2. The Bertz CT molecular complexity index is 1070. The third-order valence-electron chi connectivity index (χ3n) is 4.55. The van der Waals surface area contributed by atoms with Gasteiger partial charge in [-0.15, -0.1) is 0 Å². The number of aromatic nitrogens is 2. The molecule has 1 amide bonds. The summed E-state index contributed by atoms with van der Waals surface area (Å²) < 4.78 is 6.81. The fraction of sp³-hybridized carbons (Fsp3) is 0.273. The van der Waals surface area contributed by atoms with Crippen LogP contribution in [0.2, 0.25) is 0 Å². The van der Waals surface area contributed by atoms with Gasteiger partial charge >= 0.3 is 5.97 Å². The first-order valence-corrected chi connectivity index (χ1v) is 9.41. The van der Waals surface area contributed by atoms with Crippen molar-refractivity contribution in [3.63, 3.8) is 0 Å². The fourth-order valence-corrected chi connectivity index (χ4v) is 2.88. The molecule has 0 bridgehead atoms. The van der Waals surface area contributed by atoms with Crippen molar-refractivity contribution in [2.75, 3.05) is 0 Å². The van der Waals surface area contributed by atoms with Crippen LogP contribution in [0.15, 0.2) is 59.5 Å². The molecule has 0 saturated carbocycles. The number of aryl methyl sites for hydroxylation is 2. The lowest BCUT2D eigenvalue weighted by atomic mass is 10.1. The van der Waals surface area contributed by atoms with Gasteiger partial charge in [-0.3, -0.25) is 19.1 Å². The number of fused-ring (bicyclic) bond motifs is 1. The zero-order chi connectivity index (χ0) is 20.8. The van der Waals surface area contributed by atoms with Crippen LogP contribution in [0.5, 0.6) is 0 Å². The molecule has 0 radical (unpaired) electrons. The van der Waals surface area contributed by atoms with Crippen molar-refractivity contribution in [3.05, 3.63) is 76.1 Å². The zero-order valence-electron chi connectivity index (χ0n) is 16.4. The average Bonchev–Trinajstić information content (AvgIpc) is 2.73. The smallest absolute Gasteiger partial charge is 0.308 e. The second-order valence-corrected chi connectivity index (χ2v) is 6.83. The highest BCUT2D eigenvalue weighted by molar-refractivity contribution is 5.83. The van der Waals surface area contributed by atoms with Crippen LogP contribution in [0.25, 0.3) is 10.9 Å². The van der Waals surface area contributed by atoms with Gasteiger partial charge in [-0.1, -0.05) is 42.0 Å². The third kappa shape index (κ3) is 5.28. The van der Waals surface area contributed by atoms with Crippen molar-refractivity contribution in [3.8, 4) is 0 Å². The second kappa shape index (κ2) is 9.14. The Labute approximate surface area is 168 Å². The Kier molecular flexibility index (Phi) is 6.39. The van der Waals surface area contributed by atoms with E-state index in [0.29, 0.717) is 17.4 Å². The summed E-state index contributed by atoms with van der Waals surface area (Å²) >= 11 is 0. The van der Waals surface area contributed by atoms with Gasteiger partial charge in [0.15, 0.2) is 6.10 Å². The van der Waals surface area contributed by atoms with Gasteiger partial charge in [-0.25, -0.2) is 0 Å². The molecule has 1 atom stereocenters. The Balaban J connectivity index is 1.51. The van der Waals surface area contributed by atoms with Gasteiger partial charge in [0.05, 0.1) is 24.7 Å². The van der Waals surface area contributed by atoms with Crippen LogP contribution in [-0.4, -0.2) is 27.8 Å². The molecule has 3 rings (SSSR count). The molecule has 1 N–H and O–H groups in total. The van der Waals surface area contributed by atoms with E-state index in [1.807, 2.05) is 31.2 Å². The van der Waals surface area contributed by atoms with Crippen LogP contribution >= 0.6 is 0 Å². The van der Waals surface area contributed by atoms with Gasteiger partial charge in [-0.05, 0) is 31.5 Å². The number of nitrogens with zero attached hydrogens (tertiary/aromatic N) is 2. The molecule has 7 nitrogen and oxygen atoms in total. The number of nitrogens with one attached hydrogen (secondary N) is 1. The van der Waals surface area contributed by atoms with E-state index in [1.165, 1.54) is 13.1 Å². The van der Waals surface area contributed by atoms with Crippen molar-refractivity contribution in [1.29, 1.82) is 0 Å². The van der Waals surface area contributed by atoms with Crippen molar-refractivity contribution in [1.82, 2.24) is 15.1 Å². The minimum Gasteiger partial charge on any atom is -0.452 e. The normalized spacial score (nSPS) is 11.8. The van der Waals surface area contributed by atoms with Crippen molar-refractivity contribution in [2.45, 2.75) is 39.5 Å². The number of para-hydroxylation sites is 1. The monoisotopic (exact) mass is 393 g/mol. The molecule has 29 heavy (non-hydrogen) atoms. The van der Waals surface area contributed by atoms with E-state index in [9.17, 15) is 14.4 Å². The average molecular weight is 393 g/mol. The minimum atomic E-state index is -0.897. The highest BCUT2D eigenvalue weighted by atomic mass is 16.5. The summed E-state index contributed by atoms with van der Waals surface area (Å²) in [5.74, 6) is -0.863. The fourth-order valence-electron chi connectivity index (χ4n) is 2.88. The number of carbonyl (C=O) groups excluding carboxylic acids is 2.